The second-order valence-electron chi connectivity index (χ2n) is 8.21. The summed E-state index contributed by atoms with van der Waals surface area (Å²) in [5.41, 5.74) is 1.30. The minimum Gasteiger partial charge on any atom is -0.463 e. The third kappa shape index (κ3) is 5.92. The van der Waals surface area contributed by atoms with Gasteiger partial charge in [0.25, 0.3) is 0 Å². The van der Waals surface area contributed by atoms with Crippen molar-refractivity contribution in [3.8, 4) is 0 Å². The Balaban J connectivity index is 1.96. The van der Waals surface area contributed by atoms with Crippen LogP contribution in [-0.2, 0) is 19.1 Å². The molecule has 0 aliphatic carbocycles. The summed E-state index contributed by atoms with van der Waals surface area (Å²) in [7, 11) is 1.49. The molecule has 1 unspecified atom stereocenters. The van der Waals surface area contributed by atoms with Gasteiger partial charge in [-0.3, -0.25) is 14.6 Å². The Morgan fingerprint density at radius 1 is 1.18 bits per heavy atom. The average molecular weight is 477 g/mol. The number of benzene rings is 1. The summed E-state index contributed by atoms with van der Waals surface area (Å²) in [6.07, 6.45) is 0.753. The maximum absolute atomic E-state index is 14.0. The fourth-order valence-electron chi connectivity index (χ4n) is 4.40. The Labute approximate surface area is 199 Å². The molecular weight excluding hydrogens is 443 g/mol. The van der Waals surface area contributed by atoms with Crippen LogP contribution in [0.5, 0.6) is 0 Å². The standard InChI is InChI=1S/C24H33FN4O5/c1-4-29-19(15-27-10-7-11-28(13-12-27)20(30)16-33-3)21(23(31)34-5-2)22(26-24(29)32)17-8-6-9-18(25)14-17/h6,8-9,14,22H,4-5,7,10-13,15-16H2,1-3H3,(H,26,32). The van der Waals surface area contributed by atoms with Gasteiger partial charge < -0.3 is 19.7 Å². The van der Waals surface area contributed by atoms with Crippen LogP contribution in [0.3, 0.4) is 0 Å². The van der Waals surface area contributed by atoms with Gasteiger partial charge in [0.05, 0.1) is 18.2 Å². The third-order valence-corrected chi connectivity index (χ3v) is 6.01. The van der Waals surface area contributed by atoms with E-state index in [1.165, 1.54) is 24.1 Å². The van der Waals surface area contributed by atoms with Crippen molar-refractivity contribution in [1.29, 1.82) is 0 Å². The monoisotopic (exact) mass is 476 g/mol. The van der Waals surface area contributed by atoms with E-state index in [1.54, 1.807) is 24.0 Å². The van der Waals surface area contributed by atoms with E-state index in [9.17, 15) is 18.8 Å². The highest BCUT2D eigenvalue weighted by Crippen LogP contribution is 2.32. The number of nitrogens with one attached hydrogen (secondary N) is 1. The van der Waals surface area contributed by atoms with Crippen LogP contribution in [-0.4, -0.2) is 92.2 Å². The molecule has 2 heterocycles. The smallest absolute Gasteiger partial charge is 0.338 e. The van der Waals surface area contributed by atoms with Gasteiger partial charge in [0, 0.05) is 52.1 Å². The molecule has 0 radical (unpaired) electrons. The van der Waals surface area contributed by atoms with Gasteiger partial charge in [0.2, 0.25) is 5.91 Å². The zero-order valence-corrected chi connectivity index (χ0v) is 20.0. The number of carbonyl (C=O) groups is 3. The van der Waals surface area contributed by atoms with Gasteiger partial charge in [-0.25, -0.2) is 14.0 Å². The third-order valence-electron chi connectivity index (χ3n) is 6.01. The Bertz CT molecular complexity index is 938. The molecule has 1 saturated heterocycles. The zero-order chi connectivity index (χ0) is 24.7. The fourth-order valence-corrected chi connectivity index (χ4v) is 4.40. The molecule has 3 amide bonds. The van der Waals surface area contributed by atoms with Crippen LogP contribution in [0.1, 0.15) is 31.9 Å². The molecule has 1 aromatic carbocycles. The molecule has 1 N–H and O–H groups in total. The van der Waals surface area contributed by atoms with Crippen molar-refractivity contribution in [3.63, 3.8) is 0 Å². The number of hydrogen-bond donors (Lipinski definition) is 1. The fraction of sp³-hybridized carbons (Fsp3) is 0.542. The number of urea groups is 1. The lowest BCUT2D eigenvalue weighted by molar-refractivity contribution is -0.139. The summed E-state index contributed by atoms with van der Waals surface area (Å²) in [5.74, 6) is -1.06. The topological polar surface area (TPSA) is 91.4 Å². The number of carbonyl (C=O) groups excluding carboxylic acids is 3. The van der Waals surface area contributed by atoms with E-state index in [-0.39, 0.29) is 25.2 Å². The van der Waals surface area contributed by atoms with Crippen molar-refractivity contribution in [2.75, 3.05) is 59.6 Å². The maximum atomic E-state index is 14.0. The van der Waals surface area contributed by atoms with Crippen LogP contribution < -0.4 is 5.32 Å². The van der Waals surface area contributed by atoms with Crippen molar-refractivity contribution < 1.29 is 28.2 Å². The van der Waals surface area contributed by atoms with E-state index in [0.29, 0.717) is 56.1 Å². The molecular formula is C24H33FN4O5. The van der Waals surface area contributed by atoms with Crippen LogP contribution in [0.25, 0.3) is 0 Å². The number of likely N-dealkylation sites (N-methyl/N-ethyl adjacent to an activating group) is 1. The molecule has 34 heavy (non-hydrogen) atoms. The van der Waals surface area contributed by atoms with E-state index in [2.05, 4.69) is 10.2 Å². The molecule has 0 saturated carbocycles. The number of ether oxygens (including phenoxy) is 2. The van der Waals surface area contributed by atoms with Crippen LogP contribution in [0.2, 0.25) is 0 Å². The van der Waals surface area contributed by atoms with E-state index < -0.39 is 17.8 Å². The van der Waals surface area contributed by atoms with Gasteiger partial charge in [0.1, 0.15) is 12.4 Å². The molecule has 10 heteroatoms. The Hall–Kier alpha value is -2.98. The van der Waals surface area contributed by atoms with Crippen molar-refractivity contribution in [3.05, 3.63) is 46.9 Å². The summed E-state index contributed by atoms with van der Waals surface area (Å²) >= 11 is 0. The predicted octanol–water partition coefficient (Wildman–Crippen LogP) is 1.91. The van der Waals surface area contributed by atoms with E-state index in [1.807, 2.05) is 6.92 Å². The molecule has 1 fully saturated rings. The van der Waals surface area contributed by atoms with E-state index in [0.717, 1.165) is 6.42 Å². The highest BCUT2D eigenvalue weighted by molar-refractivity contribution is 5.95. The van der Waals surface area contributed by atoms with E-state index in [4.69, 9.17) is 9.47 Å². The van der Waals surface area contributed by atoms with Gasteiger partial charge in [-0.05, 0) is 38.0 Å². The number of nitrogens with zero attached hydrogens (tertiary/aromatic N) is 3. The number of hydrogen-bond acceptors (Lipinski definition) is 6. The van der Waals surface area contributed by atoms with E-state index >= 15 is 0 Å². The summed E-state index contributed by atoms with van der Waals surface area (Å²) in [6.45, 7) is 6.86. The minimum atomic E-state index is -0.827. The van der Waals surface area contributed by atoms with Gasteiger partial charge in [0.15, 0.2) is 0 Å². The largest absolute Gasteiger partial charge is 0.463 e. The van der Waals surface area contributed by atoms with Crippen molar-refractivity contribution in [2.24, 2.45) is 0 Å². The lowest BCUT2D eigenvalue weighted by atomic mass is 9.94. The van der Waals surface area contributed by atoms with Gasteiger partial charge in [-0.1, -0.05) is 12.1 Å². The van der Waals surface area contributed by atoms with Crippen LogP contribution >= 0.6 is 0 Å². The molecule has 2 aliphatic heterocycles. The minimum absolute atomic E-state index is 0.0389. The number of amides is 3. The molecule has 0 spiro atoms. The molecule has 3 rings (SSSR count). The molecule has 1 aromatic rings. The number of halogens is 1. The first kappa shape index (κ1) is 25.6. The normalized spacial score (nSPS) is 19.6. The molecule has 2 aliphatic rings. The first-order valence-electron chi connectivity index (χ1n) is 11.6. The first-order valence-corrected chi connectivity index (χ1v) is 11.6. The molecule has 0 aromatic heterocycles. The first-order chi connectivity index (χ1) is 16.4. The number of esters is 1. The van der Waals surface area contributed by atoms with Gasteiger partial charge in [-0.15, -0.1) is 0 Å². The summed E-state index contributed by atoms with van der Waals surface area (Å²) in [4.78, 5) is 43.8. The summed E-state index contributed by atoms with van der Waals surface area (Å²) < 4.78 is 24.3. The van der Waals surface area contributed by atoms with Crippen LogP contribution in [0.4, 0.5) is 9.18 Å². The SMILES string of the molecule is CCOC(=O)C1=C(CN2CCCN(C(=O)COC)CC2)N(CC)C(=O)NC1c1cccc(F)c1. The van der Waals surface area contributed by atoms with Crippen LogP contribution in [0, 0.1) is 5.82 Å². The number of rotatable bonds is 8. The van der Waals surface area contributed by atoms with Crippen molar-refractivity contribution in [2.45, 2.75) is 26.3 Å². The zero-order valence-electron chi connectivity index (χ0n) is 20.0. The molecule has 0 bridgehead atoms. The summed E-state index contributed by atoms with van der Waals surface area (Å²) in [6, 6.07) is 4.67. The maximum Gasteiger partial charge on any atom is 0.338 e. The Morgan fingerprint density at radius 2 is 1.97 bits per heavy atom. The second-order valence-corrected chi connectivity index (χ2v) is 8.21. The summed E-state index contributed by atoms with van der Waals surface area (Å²) in [5, 5.41) is 2.84. The average Bonchev–Trinajstić information content (AvgIpc) is 3.05. The predicted molar refractivity (Wildman–Crippen MR) is 123 cm³/mol. The van der Waals surface area contributed by atoms with Gasteiger partial charge >= 0.3 is 12.0 Å². The molecule has 9 nitrogen and oxygen atoms in total. The Morgan fingerprint density at radius 3 is 2.65 bits per heavy atom. The van der Waals surface area contributed by atoms with Gasteiger partial charge in [-0.2, -0.15) is 0 Å². The highest BCUT2D eigenvalue weighted by Gasteiger charge is 2.38. The lowest BCUT2D eigenvalue weighted by Crippen LogP contribution is -2.51. The highest BCUT2D eigenvalue weighted by atomic mass is 19.1. The quantitative estimate of drug-likeness (QED) is 0.577. The molecule has 186 valence electrons. The van der Waals surface area contributed by atoms with Crippen molar-refractivity contribution in [1.82, 2.24) is 20.0 Å². The second kappa shape index (κ2) is 11.9. The number of methoxy groups -OCH3 is 1. The Kier molecular flexibility index (Phi) is 9.00. The van der Waals surface area contributed by atoms with Crippen LogP contribution in [0.15, 0.2) is 35.5 Å². The van der Waals surface area contributed by atoms with Crippen molar-refractivity contribution >= 4 is 17.9 Å². The lowest BCUT2D eigenvalue weighted by Gasteiger charge is -2.38. The molecule has 1 atom stereocenters.